The summed E-state index contributed by atoms with van der Waals surface area (Å²) >= 11 is 0. The Labute approximate surface area is 96.8 Å². The van der Waals surface area contributed by atoms with Gasteiger partial charge in [-0.2, -0.15) is 0 Å². The van der Waals surface area contributed by atoms with Crippen LogP contribution in [0.25, 0.3) is 0 Å². The minimum atomic E-state index is -0.443. The van der Waals surface area contributed by atoms with Crippen LogP contribution >= 0.6 is 0 Å². The van der Waals surface area contributed by atoms with Gasteiger partial charge in [-0.3, -0.25) is 0 Å². The Balaban J connectivity index is 2.38. The first-order valence-corrected chi connectivity index (χ1v) is 5.71. The quantitative estimate of drug-likeness (QED) is 0.770. The maximum atomic E-state index is 11.9. The Hall–Kier alpha value is -1.09. The largest absolute Gasteiger partial charge is 0.491 e. The molecule has 3 heteroatoms. The fourth-order valence-corrected chi connectivity index (χ4v) is 1.44. The summed E-state index contributed by atoms with van der Waals surface area (Å²) < 4.78 is 17.0. The number of rotatable bonds is 7. The molecule has 90 valence electrons. The molecule has 16 heavy (non-hydrogen) atoms. The molecule has 0 aliphatic rings. The van der Waals surface area contributed by atoms with E-state index in [1.54, 1.807) is 0 Å². The van der Waals surface area contributed by atoms with E-state index in [1.807, 2.05) is 31.3 Å². The molecule has 1 N–H and O–H groups in total. The lowest BCUT2D eigenvalue weighted by Gasteiger charge is -2.10. The molecule has 0 amide bonds. The Morgan fingerprint density at radius 2 is 2.00 bits per heavy atom. The average molecular weight is 225 g/mol. The van der Waals surface area contributed by atoms with Crippen molar-refractivity contribution >= 4 is 0 Å². The highest BCUT2D eigenvalue weighted by Gasteiger charge is 2.00. The van der Waals surface area contributed by atoms with Crippen LogP contribution < -0.4 is 10.1 Å². The van der Waals surface area contributed by atoms with Gasteiger partial charge in [-0.1, -0.05) is 12.1 Å². The fourth-order valence-electron chi connectivity index (χ4n) is 1.44. The summed E-state index contributed by atoms with van der Waals surface area (Å²) in [6.45, 7) is 1.86. The summed E-state index contributed by atoms with van der Waals surface area (Å²) in [6.07, 6.45) is 2.16. The van der Waals surface area contributed by atoms with Gasteiger partial charge in [0.1, 0.15) is 19.0 Å². The van der Waals surface area contributed by atoms with Crippen molar-refractivity contribution in [3.8, 4) is 5.75 Å². The van der Waals surface area contributed by atoms with Crippen LogP contribution in [0.2, 0.25) is 0 Å². The zero-order valence-corrected chi connectivity index (χ0v) is 10.0. The summed E-state index contributed by atoms with van der Waals surface area (Å²) in [5.41, 5.74) is 1.29. The predicted molar refractivity (Wildman–Crippen MR) is 64.8 cm³/mol. The first kappa shape index (κ1) is 13.0. The van der Waals surface area contributed by atoms with Crippen LogP contribution in [-0.2, 0) is 6.42 Å². The summed E-state index contributed by atoms with van der Waals surface area (Å²) in [5, 5.41) is 3.21. The number of nitrogens with one attached hydrogen (secondary N) is 1. The van der Waals surface area contributed by atoms with Crippen molar-refractivity contribution in [1.82, 2.24) is 5.32 Å². The van der Waals surface area contributed by atoms with Crippen LogP contribution in [0.4, 0.5) is 4.39 Å². The fraction of sp³-hybridized carbons (Fsp3) is 0.538. The molecule has 0 fully saturated rings. The highest BCUT2D eigenvalue weighted by atomic mass is 19.1. The lowest BCUT2D eigenvalue weighted by molar-refractivity contribution is 0.273. The minimum absolute atomic E-state index is 0.135. The molecule has 0 saturated heterocycles. The number of aryl methyl sites for hydroxylation is 1. The number of benzene rings is 1. The third-order valence-electron chi connectivity index (χ3n) is 2.63. The SMILES string of the molecule is CNC(C)CCc1ccc(OCCF)cc1. The molecule has 1 unspecified atom stereocenters. The highest BCUT2D eigenvalue weighted by molar-refractivity contribution is 5.27. The van der Waals surface area contributed by atoms with Crippen molar-refractivity contribution < 1.29 is 9.13 Å². The summed E-state index contributed by atoms with van der Waals surface area (Å²) in [5.74, 6) is 0.739. The molecule has 1 aromatic carbocycles. The molecule has 1 aromatic rings. The molecule has 0 aromatic heterocycles. The lowest BCUT2D eigenvalue weighted by atomic mass is 10.1. The Morgan fingerprint density at radius 3 is 2.56 bits per heavy atom. The molecule has 0 bridgehead atoms. The van der Waals surface area contributed by atoms with E-state index < -0.39 is 6.67 Å². The number of hydrogen-bond donors (Lipinski definition) is 1. The Morgan fingerprint density at radius 1 is 1.31 bits per heavy atom. The molecule has 1 rings (SSSR count). The van der Waals surface area contributed by atoms with Crippen LogP contribution in [0, 0.1) is 0 Å². The lowest BCUT2D eigenvalue weighted by Crippen LogP contribution is -2.21. The van der Waals surface area contributed by atoms with Gasteiger partial charge >= 0.3 is 0 Å². The molecular formula is C13H20FNO. The Bertz CT molecular complexity index is 286. The van der Waals surface area contributed by atoms with E-state index in [-0.39, 0.29) is 6.61 Å². The van der Waals surface area contributed by atoms with E-state index in [0.717, 1.165) is 18.6 Å². The van der Waals surface area contributed by atoms with Gasteiger partial charge in [-0.25, -0.2) is 4.39 Å². The smallest absolute Gasteiger partial charge is 0.123 e. The topological polar surface area (TPSA) is 21.3 Å². The normalized spacial score (nSPS) is 12.4. The van der Waals surface area contributed by atoms with E-state index in [4.69, 9.17) is 4.74 Å². The van der Waals surface area contributed by atoms with Gasteiger partial charge in [0.25, 0.3) is 0 Å². The zero-order valence-electron chi connectivity index (χ0n) is 10.0. The monoisotopic (exact) mass is 225 g/mol. The molecule has 1 atom stereocenters. The Kier molecular flexibility index (Phi) is 5.86. The third kappa shape index (κ3) is 4.62. The van der Waals surface area contributed by atoms with Gasteiger partial charge in [0.05, 0.1) is 0 Å². The highest BCUT2D eigenvalue weighted by Crippen LogP contribution is 2.13. The zero-order chi connectivity index (χ0) is 11.8. The van der Waals surface area contributed by atoms with Crippen molar-refractivity contribution in [3.05, 3.63) is 29.8 Å². The first-order chi connectivity index (χ1) is 7.76. The van der Waals surface area contributed by atoms with E-state index in [0.29, 0.717) is 6.04 Å². The van der Waals surface area contributed by atoms with Crippen LogP contribution in [-0.4, -0.2) is 26.4 Å². The standard InChI is InChI=1S/C13H20FNO/c1-11(15-2)3-4-12-5-7-13(8-6-12)16-10-9-14/h5-8,11,15H,3-4,9-10H2,1-2H3. The van der Waals surface area contributed by atoms with Crippen molar-refractivity contribution in [2.75, 3.05) is 20.3 Å². The molecule has 0 saturated carbocycles. The van der Waals surface area contributed by atoms with Crippen molar-refractivity contribution in [3.63, 3.8) is 0 Å². The van der Waals surface area contributed by atoms with Gasteiger partial charge in [0.2, 0.25) is 0 Å². The second-order valence-electron chi connectivity index (χ2n) is 3.91. The van der Waals surface area contributed by atoms with Crippen LogP contribution in [0.5, 0.6) is 5.75 Å². The number of hydrogen-bond acceptors (Lipinski definition) is 2. The van der Waals surface area contributed by atoms with E-state index >= 15 is 0 Å². The molecule has 0 aliphatic heterocycles. The number of alkyl halides is 1. The van der Waals surface area contributed by atoms with Gasteiger partial charge in [0, 0.05) is 6.04 Å². The van der Waals surface area contributed by atoms with Crippen LogP contribution in [0.15, 0.2) is 24.3 Å². The van der Waals surface area contributed by atoms with Crippen LogP contribution in [0.1, 0.15) is 18.9 Å². The number of halogens is 1. The first-order valence-electron chi connectivity index (χ1n) is 5.71. The minimum Gasteiger partial charge on any atom is -0.491 e. The van der Waals surface area contributed by atoms with E-state index in [1.165, 1.54) is 5.56 Å². The second kappa shape index (κ2) is 7.23. The van der Waals surface area contributed by atoms with E-state index in [2.05, 4.69) is 12.2 Å². The maximum absolute atomic E-state index is 11.9. The summed E-state index contributed by atoms with van der Waals surface area (Å²) in [6, 6.07) is 8.40. The van der Waals surface area contributed by atoms with Gasteiger partial charge in [0.15, 0.2) is 0 Å². The molecular weight excluding hydrogens is 205 g/mol. The molecule has 0 radical (unpaired) electrons. The second-order valence-corrected chi connectivity index (χ2v) is 3.91. The third-order valence-corrected chi connectivity index (χ3v) is 2.63. The molecule has 0 aliphatic carbocycles. The van der Waals surface area contributed by atoms with Crippen molar-refractivity contribution in [2.45, 2.75) is 25.8 Å². The van der Waals surface area contributed by atoms with Gasteiger partial charge < -0.3 is 10.1 Å². The van der Waals surface area contributed by atoms with Crippen LogP contribution in [0.3, 0.4) is 0 Å². The maximum Gasteiger partial charge on any atom is 0.123 e. The molecule has 0 heterocycles. The van der Waals surface area contributed by atoms with Crippen molar-refractivity contribution in [2.24, 2.45) is 0 Å². The predicted octanol–water partition coefficient (Wildman–Crippen LogP) is 2.58. The number of ether oxygens (including phenoxy) is 1. The average Bonchev–Trinajstić information content (AvgIpc) is 2.34. The summed E-state index contributed by atoms with van der Waals surface area (Å²) in [7, 11) is 1.97. The van der Waals surface area contributed by atoms with Gasteiger partial charge in [-0.05, 0) is 44.5 Å². The summed E-state index contributed by atoms with van der Waals surface area (Å²) in [4.78, 5) is 0. The van der Waals surface area contributed by atoms with Crippen molar-refractivity contribution in [1.29, 1.82) is 0 Å². The van der Waals surface area contributed by atoms with Gasteiger partial charge in [-0.15, -0.1) is 0 Å². The molecule has 0 spiro atoms. The molecule has 2 nitrogen and oxygen atoms in total. The van der Waals surface area contributed by atoms with E-state index in [9.17, 15) is 4.39 Å².